The van der Waals surface area contributed by atoms with E-state index < -0.39 is 10.0 Å². The molecular weight excluding hydrogens is 456 g/mol. The van der Waals surface area contributed by atoms with E-state index in [-0.39, 0.29) is 29.8 Å². The molecule has 0 atom stereocenters. The van der Waals surface area contributed by atoms with Crippen molar-refractivity contribution in [3.8, 4) is 11.5 Å². The van der Waals surface area contributed by atoms with Crippen molar-refractivity contribution in [2.24, 2.45) is 5.92 Å². The topological polar surface area (TPSA) is 89.3 Å². The molecule has 1 fully saturated rings. The van der Waals surface area contributed by atoms with E-state index in [0.717, 1.165) is 5.69 Å². The number of para-hydroxylation sites is 1. The lowest BCUT2D eigenvalue weighted by Crippen LogP contribution is -2.44. The molecule has 2 aliphatic heterocycles. The number of carbonyl (C=O) groups excluding carboxylic acids is 1. The minimum Gasteiger partial charge on any atom is -0.486 e. The molecule has 3 aromatic rings. The Balaban J connectivity index is 1.29. The summed E-state index contributed by atoms with van der Waals surface area (Å²) in [4.78, 5) is 15.4. The lowest BCUT2D eigenvalue weighted by molar-refractivity contribution is -0.123. The van der Waals surface area contributed by atoms with Gasteiger partial charge in [0.05, 0.1) is 17.7 Å². The van der Waals surface area contributed by atoms with Crippen molar-refractivity contribution in [3.05, 3.63) is 72.7 Å². The Labute approximate surface area is 198 Å². The Bertz CT molecular complexity index is 1240. The number of hydrogen-bond acceptors (Lipinski definition) is 6. The van der Waals surface area contributed by atoms with Crippen LogP contribution in [0.5, 0.6) is 11.5 Å². The van der Waals surface area contributed by atoms with Crippen LogP contribution in [0.4, 0.5) is 5.69 Å². The maximum Gasteiger partial charge on any atom is 0.243 e. The molecule has 1 saturated heterocycles. The normalized spacial score (nSPS) is 16.8. The molecule has 0 aliphatic carbocycles. The summed E-state index contributed by atoms with van der Waals surface area (Å²) in [5, 5.41) is 0. The van der Waals surface area contributed by atoms with Gasteiger partial charge < -0.3 is 18.8 Å². The average molecular weight is 483 g/mol. The molecule has 1 amide bonds. The van der Waals surface area contributed by atoms with Crippen LogP contribution in [0.1, 0.15) is 18.6 Å². The molecule has 0 spiro atoms. The SMILES string of the molecule is O=C(C1CCN(S(=O)(=O)c2ccc3c(c2)OCCO3)CC1)N(Cc1ccco1)c1ccccc1. The molecule has 2 aliphatic rings. The third kappa shape index (κ3) is 4.53. The van der Waals surface area contributed by atoms with Gasteiger partial charge in [-0.1, -0.05) is 18.2 Å². The summed E-state index contributed by atoms with van der Waals surface area (Å²) in [7, 11) is -3.70. The molecule has 1 aromatic heterocycles. The van der Waals surface area contributed by atoms with Gasteiger partial charge in [-0.2, -0.15) is 4.31 Å². The predicted molar refractivity (Wildman–Crippen MR) is 125 cm³/mol. The molecule has 5 rings (SSSR count). The average Bonchev–Trinajstić information content (AvgIpc) is 3.40. The molecule has 2 aromatic carbocycles. The number of hydrogen-bond donors (Lipinski definition) is 0. The Hall–Kier alpha value is -3.30. The van der Waals surface area contributed by atoms with E-state index in [2.05, 4.69) is 0 Å². The van der Waals surface area contributed by atoms with E-state index >= 15 is 0 Å². The van der Waals surface area contributed by atoms with Gasteiger partial charge in [0.25, 0.3) is 0 Å². The fourth-order valence-electron chi connectivity index (χ4n) is 4.36. The summed E-state index contributed by atoms with van der Waals surface area (Å²) < 4.78 is 44.4. The zero-order valence-corrected chi connectivity index (χ0v) is 19.4. The quantitative estimate of drug-likeness (QED) is 0.533. The molecule has 3 heterocycles. The van der Waals surface area contributed by atoms with Crippen LogP contribution in [0, 0.1) is 5.92 Å². The zero-order valence-electron chi connectivity index (χ0n) is 18.6. The largest absolute Gasteiger partial charge is 0.486 e. The fourth-order valence-corrected chi connectivity index (χ4v) is 5.85. The number of piperidine rings is 1. The summed E-state index contributed by atoms with van der Waals surface area (Å²) in [5.74, 6) is 1.37. The minimum absolute atomic E-state index is 0.0287. The highest BCUT2D eigenvalue weighted by molar-refractivity contribution is 7.89. The standard InChI is InChI=1S/C25H26N2O6S/c28-25(27(18-21-7-4-14-31-21)20-5-2-1-3-6-20)19-10-12-26(13-11-19)34(29,30)22-8-9-23-24(17-22)33-16-15-32-23/h1-9,14,17,19H,10-13,15-16,18H2. The maximum atomic E-state index is 13.5. The first kappa shape index (κ1) is 22.5. The molecule has 0 radical (unpaired) electrons. The van der Waals surface area contributed by atoms with E-state index in [0.29, 0.717) is 49.9 Å². The number of amides is 1. The van der Waals surface area contributed by atoms with Gasteiger partial charge in [-0.25, -0.2) is 8.42 Å². The highest BCUT2D eigenvalue weighted by Gasteiger charge is 2.35. The van der Waals surface area contributed by atoms with Crippen molar-refractivity contribution in [2.75, 3.05) is 31.2 Å². The number of carbonyl (C=O) groups is 1. The molecular formula is C25H26N2O6S. The smallest absolute Gasteiger partial charge is 0.243 e. The van der Waals surface area contributed by atoms with Crippen molar-refractivity contribution in [2.45, 2.75) is 24.3 Å². The van der Waals surface area contributed by atoms with E-state index in [9.17, 15) is 13.2 Å². The Kier molecular flexibility index (Phi) is 6.30. The van der Waals surface area contributed by atoms with E-state index in [1.54, 1.807) is 29.4 Å². The number of fused-ring (bicyclic) bond motifs is 1. The van der Waals surface area contributed by atoms with Gasteiger partial charge in [-0.15, -0.1) is 0 Å². The minimum atomic E-state index is -3.70. The van der Waals surface area contributed by atoms with Crippen LogP contribution in [0.15, 0.2) is 76.2 Å². The van der Waals surface area contributed by atoms with Gasteiger partial charge in [0.1, 0.15) is 19.0 Å². The Morgan fingerprint density at radius 3 is 2.38 bits per heavy atom. The first-order chi connectivity index (χ1) is 16.5. The number of benzene rings is 2. The van der Waals surface area contributed by atoms with Gasteiger partial charge in [-0.05, 0) is 49.2 Å². The van der Waals surface area contributed by atoms with Gasteiger partial charge in [0, 0.05) is 30.8 Å². The Morgan fingerprint density at radius 2 is 1.68 bits per heavy atom. The van der Waals surface area contributed by atoms with Crippen LogP contribution in [0.2, 0.25) is 0 Å². The van der Waals surface area contributed by atoms with E-state index in [1.807, 2.05) is 36.4 Å². The molecule has 34 heavy (non-hydrogen) atoms. The van der Waals surface area contributed by atoms with E-state index in [1.165, 1.54) is 10.4 Å². The number of rotatable bonds is 6. The first-order valence-electron chi connectivity index (χ1n) is 11.3. The molecule has 8 nitrogen and oxygen atoms in total. The van der Waals surface area contributed by atoms with Gasteiger partial charge >= 0.3 is 0 Å². The van der Waals surface area contributed by atoms with Crippen molar-refractivity contribution >= 4 is 21.6 Å². The second-order valence-electron chi connectivity index (χ2n) is 8.32. The molecule has 0 N–H and O–H groups in total. The number of furan rings is 1. The van der Waals surface area contributed by atoms with Crippen molar-refractivity contribution in [1.29, 1.82) is 0 Å². The van der Waals surface area contributed by atoms with Crippen molar-refractivity contribution in [3.63, 3.8) is 0 Å². The third-order valence-corrected chi connectivity index (χ3v) is 8.08. The Morgan fingerprint density at radius 1 is 0.941 bits per heavy atom. The third-order valence-electron chi connectivity index (χ3n) is 6.18. The number of anilines is 1. The number of nitrogens with zero attached hydrogens (tertiary/aromatic N) is 2. The number of sulfonamides is 1. The predicted octanol–water partition coefficient (Wildman–Crippen LogP) is 3.68. The highest BCUT2D eigenvalue weighted by Crippen LogP contribution is 2.34. The summed E-state index contributed by atoms with van der Waals surface area (Å²) in [6, 6.07) is 17.8. The van der Waals surface area contributed by atoms with Crippen LogP contribution in [-0.2, 0) is 21.4 Å². The highest BCUT2D eigenvalue weighted by atomic mass is 32.2. The molecule has 0 saturated carbocycles. The lowest BCUT2D eigenvalue weighted by atomic mass is 9.96. The molecule has 178 valence electrons. The van der Waals surface area contributed by atoms with Gasteiger partial charge in [-0.3, -0.25) is 4.79 Å². The number of ether oxygens (including phenoxy) is 2. The van der Waals surface area contributed by atoms with Gasteiger partial charge in [0.15, 0.2) is 11.5 Å². The van der Waals surface area contributed by atoms with Crippen molar-refractivity contribution in [1.82, 2.24) is 4.31 Å². The van der Waals surface area contributed by atoms with Crippen LogP contribution < -0.4 is 14.4 Å². The second-order valence-corrected chi connectivity index (χ2v) is 10.3. The van der Waals surface area contributed by atoms with Gasteiger partial charge in [0.2, 0.25) is 15.9 Å². The lowest BCUT2D eigenvalue weighted by Gasteiger charge is -2.33. The summed E-state index contributed by atoms with van der Waals surface area (Å²) in [6.45, 7) is 1.71. The van der Waals surface area contributed by atoms with Crippen LogP contribution in [0.3, 0.4) is 0 Å². The first-order valence-corrected chi connectivity index (χ1v) is 12.7. The zero-order chi connectivity index (χ0) is 23.5. The summed E-state index contributed by atoms with van der Waals surface area (Å²) >= 11 is 0. The van der Waals surface area contributed by atoms with Crippen LogP contribution in [0.25, 0.3) is 0 Å². The molecule has 0 bridgehead atoms. The second kappa shape index (κ2) is 9.52. The monoisotopic (exact) mass is 482 g/mol. The summed E-state index contributed by atoms with van der Waals surface area (Å²) in [6.07, 6.45) is 2.48. The van der Waals surface area contributed by atoms with Crippen LogP contribution >= 0.6 is 0 Å². The fraction of sp³-hybridized carbons (Fsp3) is 0.320. The van der Waals surface area contributed by atoms with Crippen LogP contribution in [-0.4, -0.2) is 44.9 Å². The molecule has 0 unspecified atom stereocenters. The van der Waals surface area contributed by atoms with E-state index in [4.69, 9.17) is 13.9 Å². The molecule has 9 heteroatoms. The van der Waals surface area contributed by atoms with Crippen molar-refractivity contribution < 1.29 is 27.1 Å². The maximum absolute atomic E-state index is 13.5. The summed E-state index contributed by atoms with van der Waals surface area (Å²) in [5.41, 5.74) is 0.787.